The highest BCUT2D eigenvalue weighted by Crippen LogP contribution is 2.13. The third-order valence-electron chi connectivity index (χ3n) is 4.29. The molecule has 0 radical (unpaired) electrons. The van der Waals surface area contributed by atoms with E-state index in [9.17, 15) is 13.2 Å². The number of imidazole rings is 1. The Bertz CT molecular complexity index is 1060. The normalized spacial score (nSPS) is 11.6. The summed E-state index contributed by atoms with van der Waals surface area (Å²) >= 11 is 0. The third kappa shape index (κ3) is 5.52. The third-order valence-corrected chi connectivity index (χ3v) is 5.96. The molecule has 2 N–H and O–H groups in total. The Labute approximate surface area is 170 Å². The molecular weight excluding hydrogens is 388 g/mol. The highest BCUT2D eigenvalue weighted by atomic mass is 32.2. The summed E-state index contributed by atoms with van der Waals surface area (Å²) < 4.78 is 28.9. The van der Waals surface area contributed by atoms with Crippen LogP contribution in [0.3, 0.4) is 0 Å². The van der Waals surface area contributed by atoms with Crippen molar-refractivity contribution in [1.29, 1.82) is 0 Å². The van der Waals surface area contributed by atoms with Gasteiger partial charge in [-0.15, -0.1) is 0 Å². The Morgan fingerprint density at radius 1 is 1.07 bits per heavy atom. The van der Waals surface area contributed by atoms with Crippen LogP contribution in [-0.4, -0.2) is 29.9 Å². The van der Waals surface area contributed by atoms with Crippen LogP contribution in [0, 0.1) is 0 Å². The number of amides is 1. The number of sulfonamides is 1. The molecule has 1 aromatic heterocycles. The Hall–Kier alpha value is -2.97. The van der Waals surface area contributed by atoms with Crippen LogP contribution in [0.25, 0.3) is 0 Å². The minimum Gasteiger partial charge on any atom is -0.348 e. The molecule has 0 aliphatic heterocycles. The van der Waals surface area contributed by atoms with Crippen LogP contribution in [0.15, 0.2) is 72.1 Å². The molecule has 2 aromatic carbocycles. The minimum atomic E-state index is -3.58. The van der Waals surface area contributed by atoms with Crippen LogP contribution in [0.5, 0.6) is 0 Å². The standard InChI is InChI=1S/C21H24N4O3S/c1-16(2)24-29(27,28)20-9-7-17(8-10-20)21(26)23-13-18-5-3-4-6-19(18)14-25-12-11-22-15-25/h3-12,15-16,24H,13-14H2,1-2H3,(H,23,26). The van der Waals surface area contributed by atoms with Gasteiger partial charge in [0, 0.05) is 37.1 Å². The van der Waals surface area contributed by atoms with Crippen molar-refractivity contribution in [3.8, 4) is 0 Å². The summed E-state index contributed by atoms with van der Waals surface area (Å²) in [5, 5.41) is 2.90. The summed E-state index contributed by atoms with van der Waals surface area (Å²) in [6, 6.07) is 13.6. The van der Waals surface area contributed by atoms with Crippen LogP contribution in [0.4, 0.5) is 0 Å². The summed E-state index contributed by atoms with van der Waals surface area (Å²) in [5.74, 6) is -0.261. The molecule has 0 spiro atoms. The van der Waals surface area contributed by atoms with Gasteiger partial charge in [-0.3, -0.25) is 4.79 Å². The largest absolute Gasteiger partial charge is 0.348 e. The summed E-state index contributed by atoms with van der Waals surface area (Å²) in [5.41, 5.74) is 2.50. The summed E-state index contributed by atoms with van der Waals surface area (Å²) in [7, 11) is -3.58. The Morgan fingerprint density at radius 2 is 1.76 bits per heavy atom. The first-order valence-electron chi connectivity index (χ1n) is 9.28. The monoisotopic (exact) mass is 412 g/mol. The Balaban J connectivity index is 1.66. The summed E-state index contributed by atoms with van der Waals surface area (Å²) in [6.45, 7) is 4.55. The van der Waals surface area contributed by atoms with Crippen molar-refractivity contribution in [2.75, 3.05) is 0 Å². The average Bonchev–Trinajstić information content (AvgIpc) is 3.19. The van der Waals surface area contributed by atoms with Gasteiger partial charge >= 0.3 is 0 Å². The van der Waals surface area contributed by atoms with Crippen LogP contribution in [0.2, 0.25) is 0 Å². The second kappa shape index (κ2) is 9.02. The van der Waals surface area contributed by atoms with Crippen molar-refractivity contribution in [2.45, 2.75) is 37.9 Å². The van der Waals surface area contributed by atoms with E-state index >= 15 is 0 Å². The van der Waals surface area contributed by atoms with Crippen LogP contribution in [0.1, 0.15) is 35.3 Å². The maximum Gasteiger partial charge on any atom is 0.251 e. The topological polar surface area (TPSA) is 93.1 Å². The Morgan fingerprint density at radius 3 is 2.38 bits per heavy atom. The van der Waals surface area contributed by atoms with Gasteiger partial charge in [0.25, 0.3) is 5.91 Å². The van der Waals surface area contributed by atoms with Crippen LogP contribution < -0.4 is 10.0 Å². The molecule has 3 rings (SSSR count). The van der Waals surface area contributed by atoms with Gasteiger partial charge in [-0.1, -0.05) is 24.3 Å². The second-order valence-corrected chi connectivity index (χ2v) is 8.70. The molecule has 0 fully saturated rings. The van der Waals surface area contributed by atoms with Gasteiger partial charge in [-0.05, 0) is 49.2 Å². The fraction of sp³-hybridized carbons (Fsp3) is 0.238. The molecular formula is C21H24N4O3S. The predicted molar refractivity (Wildman–Crippen MR) is 111 cm³/mol. The number of hydrogen-bond donors (Lipinski definition) is 2. The quantitative estimate of drug-likeness (QED) is 0.595. The molecule has 152 valence electrons. The van der Waals surface area contributed by atoms with Crippen molar-refractivity contribution < 1.29 is 13.2 Å². The van der Waals surface area contributed by atoms with E-state index in [1.807, 2.05) is 35.0 Å². The second-order valence-electron chi connectivity index (χ2n) is 6.99. The first kappa shape index (κ1) is 20.8. The van der Waals surface area contributed by atoms with E-state index in [2.05, 4.69) is 15.0 Å². The lowest BCUT2D eigenvalue weighted by molar-refractivity contribution is 0.0950. The number of nitrogens with one attached hydrogen (secondary N) is 2. The smallest absolute Gasteiger partial charge is 0.251 e. The number of benzene rings is 2. The molecule has 0 unspecified atom stereocenters. The average molecular weight is 413 g/mol. The van der Waals surface area contributed by atoms with Crippen molar-refractivity contribution in [3.05, 3.63) is 83.9 Å². The van der Waals surface area contributed by atoms with Gasteiger partial charge in [0.2, 0.25) is 10.0 Å². The number of hydrogen-bond acceptors (Lipinski definition) is 4. The number of nitrogens with zero attached hydrogens (tertiary/aromatic N) is 2. The summed E-state index contributed by atoms with van der Waals surface area (Å²) in [6.07, 6.45) is 5.36. The maximum atomic E-state index is 12.5. The van der Waals surface area contributed by atoms with Crippen molar-refractivity contribution in [2.24, 2.45) is 0 Å². The van der Waals surface area contributed by atoms with Gasteiger partial charge in [0.05, 0.1) is 11.2 Å². The van der Waals surface area contributed by atoms with E-state index in [1.165, 1.54) is 24.3 Å². The lowest BCUT2D eigenvalue weighted by atomic mass is 10.1. The molecule has 0 atom stereocenters. The van der Waals surface area contributed by atoms with Gasteiger partial charge in [-0.25, -0.2) is 18.1 Å². The number of carbonyl (C=O) groups excluding carboxylic acids is 1. The molecule has 3 aromatic rings. The molecule has 1 heterocycles. The van der Waals surface area contributed by atoms with Crippen LogP contribution in [-0.2, 0) is 23.1 Å². The van der Waals surface area contributed by atoms with Crippen molar-refractivity contribution in [1.82, 2.24) is 19.6 Å². The van der Waals surface area contributed by atoms with E-state index in [1.54, 1.807) is 26.4 Å². The fourth-order valence-corrected chi connectivity index (χ4v) is 4.15. The Kier molecular flexibility index (Phi) is 6.46. The first-order valence-corrected chi connectivity index (χ1v) is 10.8. The molecule has 0 aliphatic carbocycles. The molecule has 1 amide bonds. The molecule has 0 saturated heterocycles. The fourth-order valence-electron chi connectivity index (χ4n) is 2.90. The van der Waals surface area contributed by atoms with E-state index in [4.69, 9.17) is 0 Å². The van der Waals surface area contributed by atoms with Crippen LogP contribution >= 0.6 is 0 Å². The zero-order valence-corrected chi connectivity index (χ0v) is 17.2. The SMILES string of the molecule is CC(C)NS(=O)(=O)c1ccc(C(=O)NCc2ccccc2Cn2ccnc2)cc1. The maximum absolute atomic E-state index is 12.5. The zero-order chi connectivity index (χ0) is 20.9. The minimum absolute atomic E-state index is 0.133. The molecule has 7 nitrogen and oxygen atoms in total. The van der Waals surface area contributed by atoms with Gasteiger partial charge < -0.3 is 9.88 Å². The molecule has 0 aliphatic rings. The van der Waals surface area contributed by atoms with Gasteiger partial charge in [0.15, 0.2) is 0 Å². The molecule has 0 bridgehead atoms. The van der Waals surface area contributed by atoms with Crippen molar-refractivity contribution in [3.63, 3.8) is 0 Å². The first-order chi connectivity index (χ1) is 13.8. The highest BCUT2D eigenvalue weighted by Gasteiger charge is 2.16. The van der Waals surface area contributed by atoms with E-state index in [0.29, 0.717) is 18.7 Å². The van der Waals surface area contributed by atoms with Crippen molar-refractivity contribution >= 4 is 15.9 Å². The highest BCUT2D eigenvalue weighted by molar-refractivity contribution is 7.89. The predicted octanol–water partition coefficient (Wildman–Crippen LogP) is 2.55. The molecule has 8 heteroatoms. The lowest BCUT2D eigenvalue weighted by Gasteiger charge is -2.12. The van der Waals surface area contributed by atoms with E-state index < -0.39 is 10.0 Å². The number of aromatic nitrogens is 2. The number of carbonyl (C=O) groups is 1. The molecule has 0 saturated carbocycles. The van der Waals surface area contributed by atoms with Gasteiger partial charge in [-0.2, -0.15) is 0 Å². The molecule has 29 heavy (non-hydrogen) atoms. The van der Waals surface area contributed by atoms with Gasteiger partial charge in [0.1, 0.15) is 0 Å². The number of rotatable bonds is 8. The summed E-state index contributed by atoms with van der Waals surface area (Å²) in [4.78, 5) is 16.7. The zero-order valence-electron chi connectivity index (χ0n) is 16.4. The van der Waals surface area contributed by atoms with E-state index in [0.717, 1.165) is 11.1 Å². The lowest BCUT2D eigenvalue weighted by Crippen LogP contribution is -2.30. The van der Waals surface area contributed by atoms with E-state index in [-0.39, 0.29) is 16.8 Å².